The van der Waals surface area contributed by atoms with Gasteiger partial charge in [-0.15, -0.1) is 0 Å². The van der Waals surface area contributed by atoms with Crippen molar-refractivity contribution in [2.75, 3.05) is 11.9 Å². The second-order valence-electron chi connectivity index (χ2n) is 8.05. The number of benzene rings is 2. The number of nitrogens with two attached hydrogens (primary N) is 1. The fourth-order valence-corrected chi connectivity index (χ4v) is 4.36. The van der Waals surface area contributed by atoms with Gasteiger partial charge in [0, 0.05) is 35.2 Å². The molecule has 6 nitrogen and oxygen atoms in total. The lowest BCUT2D eigenvalue weighted by Gasteiger charge is -2.30. The SMILES string of the molecule is NC(c1ccc(C(=O)Nc2ccncc2)cc1)C1CCCN1C(=O)Cc1ccc(F)cc1Cl. The van der Waals surface area contributed by atoms with Crippen LogP contribution in [0.4, 0.5) is 10.1 Å². The average Bonchev–Trinajstić information content (AvgIpc) is 3.31. The molecule has 0 saturated carbocycles. The number of halogens is 2. The summed E-state index contributed by atoms with van der Waals surface area (Å²) in [6, 6.07) is 14.0. The van der Waals surface area contributed by atoms with Gasteiger partial charge in [0.1, 0.15) is 5.82 Å². The smallest absolute Gasteiger partial charge is 0.255 e. The lowest BCUT2D eigenvalue weighted by molar-refractivity contribution is -0.131. The number of carbonyl (C=O) groups excluding carboxylic acids is 2. The molecule has 0 aliphatic carbocycles. The molecule has 2 heterocycles. The fourth-order valence-electron chi connectivity index (χ4n) is 4.12. The predicted molar refractivity (Wildman–Crippen MR) is 125 cm³/mol. The first kappa shape index (κ1) is 22.9. The van der Waals surface area contributed by atoms with Crippen LogP contribution in [-0.2, 0) is 11.2 Å². The Labute approximate surface area is 196 Å². The van der Waals surface area contributed by atoms with Crippen molar-refractivity contribution in [1.29, 1.82) is 0 Å². The zero-order valence-electron chi connectivity index (χ0n) is 17.9. The maximum Gasteiger partial charge on any atom is 0.255 e. The van der Waals surface area contributed by atoms with E-state index in [0.717, 1.165) is 18.4 Å². The molecule has 0 radical (unpaired) electrons. The van der Waals surface area contributed by atoms with E-state index in [4.69, 9.17) is 17.3 Å². The first-order valence-electron chi connectivity index (χ1n) is 10.7. The van der Waals surface area contributed by atoms with Crippen LogP contribution >= 0.6 is 11.6 Å². The predicted octanol–water partition coefficient (Wildman–Crippen LogP) is 4.36. The number of hydrogen-bond acceptors (Lipinski definition) is 4. The molecule has 2 atom stereocenters. The summed E-state index contributed by atoms with van der Waals surface area (Å²) in [5.41, 5.74) is 9.15. The van der Waals surface area contributed by atoms with Crippen LogP contribution in [0.2, 0.25) is 5.02 Å². The second-order valence-corrected chi connectivity index (χ2v) is 8.45. The van der Waals surface area contributed by atoms with E-state index < -0.39 is 11.9 Å². The minimum absolute atomic E-state index is 0.0881. The highest BCUT2D eigenvalue weighted by atomic mass is 35.5. The molecule has 2 amide bonds. The largest absolute Gasteiger partial charge is 0.338 e. The first-order valence-corrected chi connectivity index (χ1v) is 11.1. The topological polar surface area (TPSA) is 88.3 Å². The van der Waals surface area contributed by atoms with Gasteiger partial charge in [-0.1, -0.05) is 29.8 Å². The average molecular weight is 467 g/mol. The van der Waals surface area contributed by atoms with Gasteiger partial charge in [0.2, 0.25) is 5.91 Å². The molecule has 1 aromatic heterocycles. The Kier molecular flexibility index (Phi) is 7.01. The summed E-state index contributed by atoms with van der Waals surface area (Å²) in [4.78, 5) is 31.2. The van der Waals surface area contributed by atoms with Crippen LogP contribution in [0.5, 0.6) is 0 Å². The molecule has 33 heavy (non-hydrogen) atoms. The molecule has 1 saturated heterocycles. The van der Waals surface area contributed by atoms with Crippen molar-refractivity contribution in [2.45, 2.75) is 31.3 Å². The Morgan fingerprint density at radius 3 is 2.58 bits per heavy atom. The van der Waals surface area contributed by atoms with Gasteiger partial charge in [0.25, 0.3) is 5.91 Å². The van der Waals surface area contributed by atoms with E-state index in [0.29, 0.717) is 23.4 Å². The van der Waals surface area contributed by atoms with Gasteiger partial charge in [0.15, 0.2) is 0 Å². The van der Waals surface area contributed by atoms with E-state index in [1.54, 1.807) is 41.6 Å². The fraction of sp³-hybridized carbons (Fsp3) is 0.240. The quantitative estimate of drug-likeness (QED) is 0.565. The van der Waals surface area contributed by atoms with Crippen molar-refractivity contribution < 1.29 is 14.0 Å². The van der Waals surface area contributed by atoms with Crippen molar-refractivity contribution in [1.82, 2.24) is 9.88 Å². The molecule has 3 aromatic rings. The van der Waals surface area contributed by atoms with E-state index in [9.17, 15) is 14.0 Å². The Hall–Kier alpha value is -3.29. The molecule has 0 bridgehead atoms. The standard InChI is InChI=1S/C25H24ClFN4O2/c26-21-15-19(27)8-7-18(21)14-23(32)31-13-1-2-22(31)24(28)16-3-5-17(6-4-16)25(33)30-20-9-11-29-12-10-20/h3-12,15,22,24H,1-2,13-14,28H2,(H,29,30,33). The van der Waals surface area contributed by atoms with E-state index in [2.05, 4.69) is 10.3 Å². The van der Waals surface area contributed by atoms with Crippen molar-refractivity contribution in [3.8, 4) is 0 Å². The highest BCUT2D eigenvalue weighted by Crippen LogP contribution is 2.29. The zero-order chi connectivity index (χ0) is 23.4. The van der Waals surface area contributed by atoms with E-state index in [1.807, 2.05) is 12.1 Å². The van der Waals surface area contributed by atoms with Gasteiger partial charge in [-0.2, -0.15) is 0 Å². The van der Waals surface area contributed by atoms with Gasteiger partial charge in [-0.25, -0.2) is 4.39 Å². The number of likely N-dealkylation sites (tertiary alicyclic amines) is 1. The first-order chi connectivity index (χ1) is 15.9. The molecule has 2 unspecified atom stereocenters. The molecule has 2 aromatic carbocycles. The number of nitrogens with zero attached hydrogens (tertiary/aromatic N) is 2. The molecule has 4 rings (SSSR count). The van der Waals surface area contributed by atoms with E-state index in [-0.39, 0.29) is 29.3 Å². The van der Waals surface area contributed by atoms with Crippen LogP contribution in [-0.4, -0.2) is 34.3 Å². The van der Waals surface area contributed by atoms with Crippen molar-refractivity contribution in [3.05, 3.63) is 94.5 Å². The molecule has 1 aliphatic heterocycles. The third-order valence-corrected chi connectivity index (χ3v) is 6.24. The van der Waals surface area contributed by atoms with Crippen LogP contribution in [0.15, 0.2) is 67.0 Å². The summed E-state index contributed by atoms with van der Waals surface area (Å²) in [6.45, 7) is 0.614. The highest BCUT2D eigenvalue weighted by Gasteiger charge is 2.33. The minimum atomic E-state index is -0.435. The highest BCUT2D eigenvalue weighted by molar-refractivity contribution is 6.31. The van der Waals surface area contributed by atoms with Crippen LogP contribution in [0.3, 0.4) is 0 Å². The second kappa shape index (κ2) is 10.1. The minimum Gasteiger partial charge on any atom is -0.338 e. The molecular weight excluding hydrogens is 443 g/mol. The molecule has 170 valence electrons. The zero-order valence-corrected chi connectivity index (χ0v) is 18.6. The number of hydrogen-bond donors (Lipinski definition) is 2. The summed E-state index contributed by atoms with van der Waals surface area (Å²) < 4.78 is 13.3. The van der Waals surface area contributed by atoms with E-state index in [1.165, 1.54) is 18.2 Å². The number of rotatable bonds is 6. The van der Waals surface area contributed by atoms with Crippen LogP contribution in [0.1, 0.15) is 40.4 Å². The van der Waals surface area contributed by atoms with Crippen molar-refractivity contribution >= 4 is 29.1 Å². The third kappa shape index (κ3) is 5.38. The maximum atomic E-state index is 13.3. The summed E-state index contributed by atoms with van der Waals surface area (Å²) in [6.07, 6.45) is 4.95. The van der Waals surface area contributed by atoms with Gasteiger partial charge in [-0.3, -0.25) is 14.6 Å². The van der Waals surface area contributed by atoms with Gasteiger partial charge in [-0.05, 0) is 60.4 Å². The summed E-state index contributed by atoms with van der Waals surface area (Å²) in [7, 11) is 0. The molecular formula is C25H24ClFN4O2. The normalized spacial score (nSPS) is 16.5. The number of anilines is 1. The maximum absolute atomic E-state index is 13.3. The lowest BCUT2D eigenvalue weighted by atomic mass is 9.96. The molecule has 3 N–H and O–H groups in total. The molecule has 1 aliphatic rings. The number of pyridine rings is 1. The van der Waals surface area contributed by atoms with Crippen molar-refractivity contribution in [2.24, 2.45) is 5.73 Å². The van der Waals surface area contributed by atoms with Gasteiger partial charge in [0.05, 0.1) is 18.5 Å². The van der Waals surface area contributed by atoms with Gasteiger partial charge < -0.3 is 16.0 Å². The number of amides is 2. The van der Waals surface area contributed by atoms with Crippen LogP contribution < -0.4 is 11.1 Å². The lowest BCUT2D eigenvalue weighted by Crippen LogP contribution is -2.42. The Bertz CT molecular complexity index is 1140. The Balaban J connectivity index is 1.42. The molecule has 8 heteroatoms. The summed E-state index contributed by atoms with van der Waals surface area (Å²) in [5, 5.41) is 3.06. The Morgan fingerprint density at radius 2 is 1.88 bits per heavy atom. The molecule has 0 spiro atoms. The number of aromatic nitrogens is 1. The summed E-state index contributed by atoms with van der Waals surface area (Å²) >= 11 is 6.10. The number of nitrogens with one attached hydrogen (secondary N) is 1. The third-order valence-electron chi connectivity index (χ3n) is 5.89. The monoisotopic (exact) mass is 466 g/mol. The van der Waals surface area contributed by atoms with Crippen molar-refractivity contribution in [3.63, 3.8) is 0 Å². The van der Waals surface area contributed by atoms with Crippen LogP contribution in [0.25, 0.3) is 0 Å². The Morgan fingerprint density at radius 1 is 1.15 bits per heavy atom. The molecule has 1 fully saturated rings. The van der Waals surface area contributed by atoms with E-state index >= 15 is 0 Å². The number of carbonyl (C=O) groups is 2. The van der Waals surface area contributed by atoms with Crippen LogP contribution in [0, 0.1) is 5.82 Å². The van der Waals surface area contributed by atoms with Gasteiger partial charge >= 0.3 is 0 Å². The summed E-state index contributed by atoms with van der Waals surface area (Å²) in [5.74, 6) is -0.750.